The molecule has 0 aliphatic carbocycles. The first-order chi connectivity index (χ1) is 8.47. The van der Waals surface area contributed by atoms with Gasteiger partial charge in [-0.2, -0.15) is 0 Å². The van der Waals surface area contributed by atoms with E-state index < -0.39 is 0 Å². The van der Waals surface area contributed by atoms with Gasteiger partial charge in [-0.15, -0.1) is 11.3 Å². The zero-order valence-electron chi connectivity index (χ0n) is 9.80. The smallest absolute Gasteiger partial charge is 0.150 e. The SMILES string of the molecule is Cc1ccc(C(C)Nc2nc(Cl)c(Cl)cc2Cl)s1. The van der Waals surface area contributed by atoms with Crippen molar-refractivity contribution in [3.05, 3.63) is 43.2 Å². The van der Waals surface area contributed by atoms with Crippen molar-refractivity contribution in [1.29, 1.82) is 0 Å². The van der Waals surface area contributed by atoms with Gasteiger partial charge in [0.2, 0.25) is 0 Å². The highest BCUT2D eigenvalue weighted by Crippen LogP contribution is 2.32. The molecule has 96 valence electrons. The van der Waals surface area contributed by atoms with Gasteiger partial charge in [-0.25, -0.2) is 4.98 Å². The van der Waals surface area contributed by atoms with Crippen LogP contribution in [0.3, 0.4) is 0 Å². The third kappa shape index (κ3) is 3.09. The largest absolute Gasteiger partial charge is 0.361 e. The Labute approximate surface area is 125 Å². The van der Waals surface area contributed by atoms with Gasteiger partial charge in [0.1, 0.15) is 11.0 Å². The fourth-order valence-corrected chi connectivity index (χ4v) is 2.94. The average Bonchev–Trinajstić information content (AvgIpc) is 2.73. The molecule has 2 rings (SSSR count). The number of aromatic nitrogens is 1. The van der Waals surface area contributed by atoms with E-state index in [0.29, 0.717) is 15.9 Å². The number of aryl methyl sites for hydroxylation is 1. The second kappa shape index (κ2) is 5.66. The van der Waals surface area contributed by atoms with Gasteiger partial charge in [-0.1, -0.05) is 34.8 Å². The number of nitrogens with zero attached hydrogens (tertiary/aromatic N) is 1. The highest BCUT2D eigenvalue weighted by atomic mass is 35.5. The van der Waals surface area contributed by atoms with Gasteiger partial charge in [0, 0.05) is 9.75 Å². The maximum absolute atomic E-state index is 6.07. The second-order valence-corrected chi connectivity index (χ2v) is 6.40. The number of rotatable bonds is 3. The molecule has 0 aliphatic rings. The molecular weight excluding hydrogens is 311 g/mol. The maximum Gasteiger partial charge on any atom is 0.150 e. The summed E-state index contributed by atoms with van der Waals surface area (Å²) in [6.07, 6.45) is 0. The summed E-state index contributed by atoms with van der Waals surface area (Å²) in [6.45, 7) is 4.12. The summed E-state index contributed by atoms with van der Waals surface area (Å²) < 4.78 is 0. The minimum Gasteiger partial charge on any atom is -0.361 e. The molecule has 2 aromatic rings. The van der Waals surface area contributed by atoms with Gasteiger partial charge in [-0.3, -0.25) is 0 Å². The van der Waals surface area contributed by atoms with Crippen molar-refractivity contribution in [2.75, 3.05) is 5.32 Å². The molecule has 1 N–H and O–H groups in total. The summed E-state index contributed by atoms with van der Waals surface area (Å²) in [5.74, 6) is 0.546. The third-order valence-electron chi connectivity index (χ3n) is 2.43. The van der Waals surface area contributed by atoms with Crippen LogP contribution in [0.4, 0.5) is 5.82 Å². The van der Waals surface area contributed by atoms with Gasteiger partial charge in [0.25, 0.3) is 0 Å². The molecule has 2 nitrogen and oxygen atoms in total. The van der Waals surface area contributed by atoms with E-state index in [1.807, 2.05) is 6.92 Å². The van der Waals surface area contributed by atoms with Crippen LogP contribution in [-0.4, -0.2) is 4.98 Å². The first kappa shape index (κ1) is 13.9. The number of hydrogen-bond donors (Lipinski definition) is 1. The summed E-state index contributed by atoms with van der Waals surface area (Å²) >= 11 is 19.5. The van der Waals surface area contributed by atoms with E-state index in [1.54, 1.807) is 17.4 Å². The normalized spacial score (nSPS) is 12.5. The van der Waals surface area contributed by atoms with Crippen LogP contribution >= 0.6 is 46.1 Å². The predicted molar refractivity (Wildman–Crippen MR) is 80.4 cm³/mol. The zero-order valence-corrected chi connectivity index (χ0v) is 12.9. The van der Waals surface area contributed by atoms with E-state index in [4.69, 9.17) is 34.8 Å². The summed E-state index contributed by atoms with van der Waals surface area (Å²) in [5, 5.41) is 4.30. The number of nitrogens with one attached hydrogen (secondary N) is 1. The van der Waals surface area contributed by atoms with Crippen LogP contribution in [0.2, 0.25) is 15.2 Å². The predicted octanol–water partition coefficient (Wildman–Crippen LogP) is 5.58. The molecule has 6 heteroatoms. The molecular formula is C12H11Cl3N2S. The van der Waals surface area contributed by atoms with Crippen molar-refractivity contribution in [2.24, 2.45) is 0 Å². The standard InChI is InChI=1S/C12H11Cl3N2S/c1-6-3-4-10(18-6)7(2)16-12-9(14)5-8(13)11(15)17-12/h3-5,7H,1-2H3,(H,16,17). The monoisotopic (exact) mass is 320 g/mol. The average molecular weight is 322 g/mol. The van der Waals surface area contributed by atoms with E-state index in [2.05, 4.69) is 29.4 Å². The molecule has 0 bridgehead atoms. The van der Waals surface area contributed by atoms with Crippen molar-refractivity contribution in [3.8, 4) is 0 Å². The molecule has 1 atom stereocenters. The van der Waals surface area contributed by atoms with E-state index >= 15 is 0 Å². The van der Waals surface area contributed by atoms with Crippen molar-refractivity contribution in [2.45, 2.75) is 19.9 Å². The number of halogens is 3. The second-order valence-electron chi connectivity index (χ2n) is 3.91. The molecule has 0 amide bonds. The van der Waals surface area contributed by atoms with Gasteiger partial charge < -0.3 is 5.32 Å². The fraction of sp³-hybridized carbons (Fsp3) is 0.250. The molecule has 0 saturated carbocycles. The first-order valence-electron chi connectivity index (χ1n) is 5.32. The maximum atomic E-state index is 6.07. The Morgan fingerprint density at radius 3 is 2.56 bits per heavy atom. The number of thiophene rings is 1. The van der Waals surface area contributed by atoms with Gasteiger partial charge >= 0.3 is 0 Å². The van der Waals surface area contributed by atoms with Crippen LogP contribution in [0.5, 0.6) is 0 Å². The van der Waals surface area contributed by atoms with Crippen molar-refractivity contribution in [3.63, 3.8) is 0 Å². The lowest BCUT2D eigenvalue weighted by molar-refractivity contribution is 0.897. The summed E-state index contributed by atoms with van der Waals surface area (Å²) in [4.78, 5) is 6.63. The molecule has 0 aromatic carbocycles. The summed E-state index contributed by atoms with van der Waals surface area (Å²) in [7, 11) is 0. The van der Waals surface area contributed by atoms with Crippen LogP contribution in [0.25, 0.3) is 0 Å². The first-order valence-corrected chi connectivity index (χ1v) is 7.27. The van der Waals surface area contributed by atoms with E-state index in [1.165, 1.54) is 9.75 Å². The Balaban J connectivity index is 2.21. The van der Waals surface area contributed by atoms with Crippen molar-refractivity contribution >= 4 is 52.0 Å². The minimum atomic E-state index is 0.117. The molecule has 0 spiro atoms. The third-order valence-corrected chi connectivity index (χ3v) is 4.57. The van der Waals surface area contributed by atoms with E-state index in [9.17, 15) is 0 Å². The minimum absolute atomic E-state index is 0.117. The Morgan fingerprint density at radius 1 is 1.22 bits per heavy atom. The van der Waals surface area contributed by atoms with E-state index in [0.717, 1.165) is 0 Å². The molecule has 0 fully saturated rings. The molecule has 0 aliphatic heterocycles. The lowest BCUT2D eigenvalue weighted by atomic mass is 10.2. The van der Waals surface area contributed by atoms with Crippen LogP contribution in [0.15, 0.2) is 18.2 Å². The Hall–Kier alpha value is -0.480. The molecule has 0 radical (unpaired) electrons. The number of hydrogen-bond acceptors (Lipinski definition) is 3. The van der Waals surface area contributed by atoms with Crippen LogP contribution in [-0.2, 0) is 0 Å². The van der Waals surface area contributed by atoms with Gasteiger partial charge in [0.15, 0.2) is 0 Å². The zero-order chi connectivity index (χ0) is 13.3. The summed E-state index contributed by atoms with van der Waals surface area (Å²) in [6, 6.07) is 5.88. The highest BCUT2D eigenvalue weighted by Gasteiger charge is 2.12. The Bertz CT molecular complexity index is 568. The lowest BCUT2D eigenvalue weighted by Gasteiger charge is -2.14. The summed E-state index contributed by atoms with van der Waals surface area (Å²) in [5.41, 5.74) is 0. The fourth-order valence-electron chi connectivity index (χ4n) is 1.51. The Morgan fingerprint density at radius 2 is 1.94 bits per heavy atom. The van der Waals surface area contributed by atoms with Crippen LogP contribution in [0, 0.1) is 6.92 Å². The van der Waals surface area contributed by atoms with Gasteiger partial charge in [-0.05, 0) is 32.0 Å². The number of pyridine rings is 1. The lowest BCUT2D eigenvalue weighted by Crippen LogP contribution is -2.07. The Kier molecular flexibility index (Phi) is 4.38. The van der Waals surface area contributed by atoms with E-state index in [-0.39, 0.29) is 11.2 Å². The molecule has 0 saturated heterocycles. The van der Waals surface area contributed by atoms with Crippen molar-refractivity contribution in [1.82, 2.24) is 4.98 Å². The molecule has 18 heavy (non-hydrogen) atoms. The molecule has 1 unspecified atom stereocenters. The quantitative estimate of drug-likeness (QED) is 0.746. The van der Waals surface area contributed by atoms with Crippen LogP contribution in [0.1, 0.15) is 22.7 Å². The topological polar surface area (TPSA) is 24.9 Å². The van der Waals surface area contributed by atoms with Gasteiger partial charge in [0.05, 0.1) is 16.1 Å². The highest BCUT2D eigenvalue weighted by molar-refractivity contribution is 7.12. The van der Waals surface area contributed by atoms with Crippen LogP contribution < -0.4 is 5.32 Å². The molecule has 2 aromatic heterocycles. The number of anilines is 1. The molecule has 2 heterocycles. The van der Waals surface area contributed by atoms with Crippen molar-refractivity contribution < 1.29 is 0 Å².